The van der Waals surface area contributed by atoms with Crippen LogP contribution in [-0.2, 0) is 6.42 Å². The van der Waals surface area contributed by atoms with E-state index in [0.717, 1.165) is 40.5 Å². The number of rotatable bonds is 7. The molecule has 0 aliphatic heterocycles. The zero-order chi connectivity index (χ0) is 34.4. The van der Waals surface area contributed by atoms with Gasteiger partial charge >= 0.3 is 0 Å². The maximum absolute atomic E-state index is 2.40. The first-order valence-corrected chi connectivity index (χ1v) is 18.6. The summed E-state index contributed by atoms with van der Waals surface area (Å²) in [4.78, 5) is 4.72. The van der Waals surface area contributed by atoms with Crippen LogP contribution in [0.2, 0.25) is 0 Å². The second-order valence-electron chi connectivity index (χ2n) is 13.4. The number of fused-ring (bicyclic) bond motifs is 6. The van der Waals surface area contributed by atoms with Gasteiger partial charge in [0.05, 0.1) is 0 Å². The minimum Gasteiger partial charge on any atom is -0.310 e. The number of hydrogen-bond donors (Lipinski definition) is 0. The van der Waals surface area contributed by atoms with Crippen molar-refractivity contribution in [2.75, 3.05) is 9.80 Å². The van der Waals surface area contributed by atoms with Gasteiger partial charge in [0.2, 0.25) is 0 Å². The van der Waals surface area contributed by atoms with Crippen LogP contribution in [0.25, 0.3) is 42.4 Å². The van der Waals surface area contributed by atoms with Gasteiger partial charge in [-0.25, -0.2) is 0 Å². The van der Waals surface area contributed by atoms with Crippen molar-refractivity contribution in [1.29, 1.82) is 0 Å². The lowest BCUT2D eigenvalue weighted by molar-refractivity contribution is 1.24. The van der Waals surface area contributed by atoms with Gasteiger partial charge in [0.1, 0.15) is 0 Å². The molecular formula is C49H34N2S. The number of thiophene rings is 1. The first-order chi connectivity index (χ1) is 25.8. The van der Waals surface area contributed by atoms with E-state index in [9.17, 15) is 0 Å². The number of anilines is 6. The van der Waals surface area contributed by atoms with Crippen LogP contribution in [0.4, 0.5) is 34.1 Å². The fourth-order valence-electron chi connectivity index (χ4n) is 7.80. The monoisotopic (exact) mass is 682 g/mol. The van der Waals surface area contributed by atoms with Crippen molar-refractivity contribution < 1.29 is 0 Å². The third-order valence-electron chi connectivity index (χ3n) is 10.2. The van der Waals surface area contributed by atoms with Gasteiger partial charge in [-0.15, -0.1) is 11.3 Å². The Bertz CT molecular complexity index is 2680. The molecule has 1 heterocycles. The Balaban J connectivity index is 1.02. The number of nitrogens with zero attached hydrogens (tertiary/aromatic N) is 2. The van der Waals surface area contributed by atoms with E-state index in [1.54, 1.807) is 0 Å². The molecule has 0 bridgehead atoms. The standard InChI is InChI=1S/C49H34N2S/c1-4-14-38(15-5-1)50(39-16-6-2-7-17-39)42-25-23-36-30-37-29-35(24-27-44(37)46(36)32-42)34-13-12-20-41(31-34)51(40-18-8-3-9-19-40)43-26-28-49-47(33-43)45-21-10-11-22-48(45)52-49/h1-29,31-33H,30H2. The molecule has 9 aromatic rings. The molecule has 0 N–H and O–H groups in total. The Kier molecular flexibility index (Phi) is 7.44. The van der Waals surface area contributed by atoms with Gasteiger partial charge in [0, 0.05) is 54.3 Å². The van der Waals surface area contributed by atoms with Gasteiger partial charge in [0.25, 0.3) is 0 Å². The lowest BCUT2D eigenvalue weighted by Crippen LogP contribution is -2.09. The summed E-state index contributed by atoms with van der Waals surface area (Å²) in [5, 5.41) is 2.61. The summed E-state index contributed by atoms with van der Waals surface area (Å²) >= 11 is 1.86. The Morgan fingerprint density at radius 2 is 0.885 bits per heavy atom. The highest BCUT2D eigenvalue weighted by Gasteiger charge is 2.22. The molecular weight excluding hydrogens is 649 g/mol. The molecule has 0 amide bonds. The highest BCUT2D eigenvalue weighted by atomic mass is 32.1. The maximum atomic E-state index is 2.40. The molecule has 8 aromatic carbocycles. The van der Waals surface area contributed by atoms with Crippen molar-refractivity contribution >= 4 is 65.6 Å². The van der Waals surface area contributed by atoms with E-state index in [-0.39, 0.29) is 0 Å². The average Bonchev–Trinajstić information content (AvgIpc) is 3.77. The van der Waals surface area contributed by atoms with Crippen LogP contribution in [-0.4, -0.2) is 0 Å². The molecule has 0 unspecified atom stereocenters. The molecule has 0 saturated carbocycles. The summed E-state index contributed by atoms with van der Waals surface area (Å²) in [6, 6.07) is 70.5. The molecule has 0 radical (unpaired) electrons. The molecule has 3 heteroatoms. The molecule has 52 heavy (non-hydrogen) atoms. The van der Waals surface area contributed by atoms with E-state index in [1.807, 2.05) is 11.3 Å². The van der Waals surface area contributed by atoms with E-state index in [4.69, 9.17) is 0 Å². The van der Waals surface area contributed by atoms with Crippen molar-refractivity contribution in [2.45, 2.75) is 6.42 Å². The number of para-hydroxylation sites is 3. The minimum absolute atomic E-state index is 0.930. The molecule has 1 aliphatic carbocycles. The van der Waals surface area contributed by atoms with Crippen molar-refractivity contribution in [3.63, 3.8) is 0 Å². The van der Waals surface area contributed by atoms with Gasteiger partial charge in [-0.2, -0.15) is 0 Å². The topological polar surface area (TPSA) is 6.48 Å². The quantitative estimate of drug-likeness (QED) is 0.165. The molecule has 10 rings (SSSR count). The molecule has 246 valence electrons. The predicted octanol–water partition coefficient (Wildman–Crippen LogP) is 14.2. The van der Waals surface area contributed by atoms with Crippen LogP contribution < -0.4 is 9.80 Å². The molecule has 1 aliphatic rings. The summed E-state index contributed by atoms with van der Waals surface area (Å²) < 4.78 is 2.63. The normalized spacial score (nSPS) is 11.8. The third-order valence-corrected chi connectivity index (χ3v) is 11.4. The molecule has 0 fully saturated rings. The summed E-state index contributed by atoms with van der Waals surface area (Å²) in [7, 11) is 0. The van der Waals surface area contributed by atoms with Crippen molar-refractivity contribution in [1.82, 2.24) is 0 Å². The Hall–Kier alpha value is -6.42. The van der Waals surface area contributed by atoms with Crippen molar-refractivity contribution in [3.8, 4) is 22.3 Å². The predicted molar refractivity (Wildman–Crippen MR) is 222 cm³/mol. The fraction of sp³-hybridized carbons (Fsp3) is 0.0204. The van der Waals surface area contributed by atoms with Gasteiger partial charge in [-0.3, -0.25) is 0 Å². The first-order valence-electron chi connectivity index (χ1n) is 17.8. The molecule has 0 saturated heterocycles. The summed E-state index contributed by atoms with van der Waals surface area (Å²) in [5.41, 5.74) is 14.7. The Morgan fingerprint density at radius 1 is 0.327 bits per heavy atom. The summed E-state index contributed by atoms with van der Waals surface area (Å²) in [5.74, 6) is 0. The second kappa shape index (κ2) is 12.7. The maximum Gasteiger partial charge on any atom is 0.0468 e. The van der Waals surface area contributed by atoms with Crippen LogP contribution in [0.15, 0.2) is 194 Å². The average molecular weight is 683 g/mol. The van der Waals surface area contributed by atoms with Gasteiger partial charge in [-0.1, -0.05) is 109 Å². The van der Waals surface area contributed by atoms with Crippen molar-refractivity contribution in [2.24, 2.45) is 0 Å². The van der Waals surface area contributed by atoms with Crippen LogP contribution >= 0.6 is 11.3 Å². The number of hydrogen-bond acceptors (Lipinski definition) is 3. The zero-order valence-electron chi connectivity index (χ0n) is 28.5. The fourth-order valence-corrected chi connectivity index (χ4v) is 8.89. The summed E-state index contributed by atoms with van der Waals surface area (Å²) in [6.45, 7) is 0. The first kappa shape index (κ1) is 30.4. The smallest absolute Gasteiger partial charge is 0.0468 e. The van der Waals surface area contributed by atoms with E-state index in [2.05, 4.69) is 204 Å². The lowest BCUT2D eigenvalue weighted by Gasteiger charge is -2.26. The lowest BCUT2D eigenvalue weighted by atomic mass is 9.98. The van der Waals surface area contributed by atoms with Crippen LogP contribution in [0.1, 0.15) is 11.1 Å². The van der Waals surface area contributed by atoms with Crippen LogP contribution in [0.5, 0.6) is 0 Å². The SMILES string of the molecule is c1ccc(N(c2ccccc2)c2ccc3c(c2)-c2ccc(-c4cccc(N(c5ccccc5)c5ccc6sc7ccccc7c6c5)c4)cc2C3)cc1. The number of benzene rings is 8. The Labute approximate surface area is 308 Å². The van der Waals surface area contributed by atoms with Gasteiger partial charge in [0.15, 0.2) is 0 Å². The van der Waals surface area contributed by atoms with Crippen molar-refractivity contribution in [3.05, 3.63) is 205 Å². The van der Waals surface area contributed by atoms with E-state index in [1.165, 1.54) is 53.6 Å². The third kappa shape index (κ3) is 5.35. The van der Waals surface area contributed by atoms with Crippen LogP contribution in [0.3, 0.4) is 0 Å². The molecule has 1 aromatic heterocycles. The highest BCUT2D eigenvalue weighted by molar-refractivity contribution is 7.25. The molecule has 2 nitrogen and oxygen atoms in total. The largest absolute Gasteiger partial charge is 0.310 e. The summed E-state index contributed by atoms with van der Waals surface area (Å²) in [6.07, 6.45) is 0.930. The molecule has 0 spiro atoms. The zero-order valence-corrected chi connectivity index (χ0v) is 29.3. The van der Waals surface area contributed by atoms with E-state index < -0.39 is 0 Å². The second-order valence-corrected chi connectivity index (χ2v) is 14.5. The van der Waals surface area contributed by atoms with Crippen LogP contribution in [0, 0.1) is 0 Å². The highest BCUT2D eigenvalue weighted by Crippen LogP contribution is 2.45. The van der Waals surface area contributed by atoms with Gasteiger partial charge < -0.3 is 9.80 Å². The Morgan fingerprint density at radius 3 is 1.62 bits per heavy atom. The van der Waals surface area contributed by atoms with E-state index >= 15 is 0 Å². The van der Waals surface area contributed by atoms with Gasteiger partial charge in [-0.05, 0) is 125 Å². The minimum atomic E-state index is 0.930. The van der Waals surface area contributed by atoms with E-state index in [0.29, 0.717) is 0 Å². The molecule has 0 atom stereocenters.